The van der Waals surface area contributed by atoms with E-state index in [1.54, 1.807) is 6.92 Å². The molecule has 1 aliphatic carbocycles. The van der Waals surface area contributed by atoms with Gasteiger partial charge in [-0.05, 0) is 88.8 Å². The van der Waals surface area contributed by atoms with Crippen LogP contribution in [0.1, 0.15) is 64.4 Å². The van der Waals surface area contributed by atoms with Gasteiger partial charge in [-0.2, -0.15) is 0 Å². The zero-order valence-electron chi connectivity index (χ0n) is 23.5. The number of rotatable bonds is 7. The summed E-state index contributed by atoms with van der Waals surface area (Å²) < 4.78 is 10.5. The molecule has 5 rings (SSSR count). The molecule has 1 spiro atoms. The van der Waals surface area contributed by atoms with Gasteiger partial charge in [0.05, 0.1) is 6.61 Å². The zero-order chi connectivity index (χ0) is 27.4. The van der Waals surface area contributed by atoms with E-state index in [4.69, 9.17) is 9.47 Å². The molecule has 0 bridgehead atoms. The van der Waals surface area contributed by atoms with Gasteiger partial charge in [0.2, 0.25) is 5.91 Å². The van der Waals surface area contributed by atoms with Crippen LogP contribution in [-0.2, 0) is 20.9 Å². The second kappa shape index (κ2) is 12.1. The number of amides is 3. The van der Waals surface area contributed by atoms with Crippen LogP contribution in [0, 0.1) is 11.3 Å². The number of carbonyl (C=O) groups is 3. The molecule has 3 saturated heterocycles. The average Bonchev–Trinajstić information content (AvgIpc) is 3.60. The van der Waals surface area contributed by atoms with E-state index in [0.717, 1.165) is 70.4 Å². The number of alkyl carbamates (subject to hydrolysis) is 1. The molecule has 1 N–H and O–H groups in total. The number of hydrogen-bond acceptors (Lipinski definition) is 6. The second-order valence-corrected chi connectivity index (χ2v) is 12.0. The molecule has 4 fully saturated rings. The molecule has 1 unspecified atom stereocenters. The summed E-state index contributed by atoms with van der Waals surface area (Å²) in [7, 11) is 0. The fourth-order valence-electron chi connectivity index (χ4n) is 7.31. The van der Waals surface area contributed by atoms with Crippen LogP contribution in [0.2, 0.25) is 0 Å². The van der Waals surface area contributed by atoms with Crippen LogP contribution >= 0.6 is 0 Å². The van der Waals surface area contributed by atoms with Gasteiger partial charge in [-0.1, -0.05) is 30.3 Å². The van der Waals surface area contributed by atoms with Crippen molar-refractivity contribution in [3.05, 3.63) is 35.9 Å². The molecule has 3 aliphatic heterocycles. The topological polar surface area (TPSA) is 91.4 Å². The normalized spacial score (nSPS) is 28.3. The third-order valence-corrected chi connectivity index (χ3v) is 9.44. The number of piperidine rings is 1. The van der Waals surface area contributed by atoms with Crippen molar-refractivity contribution < 1.29 is 23.9 Å². The average molecular weight is 541 g/mol. The fourth-order valence-corrected chi connectivity index (χ4v) is 7.31. The maximum Gasteiger partial charge on any atom is 0.409 e. The predicted molar refractivity (Wildman–Crippen MR) is 147 cm³/mol. The molecule has 1 aromatic rings. The number of benzene rings is 1. The fraction of sp³-hybridized carbons (Fsp3) is 0.700. The number of carbonyl (C=O) groups excluding carboxylic acids is 3. The summed E-state index contributed by atoms with van der Waals surface area (Å²) in [5.41, 5.74) is 1.20. The Balaban J connectivity index is 1.05. The van der Waals surface area contributed by atoms with Crippen LogP contribution in [-0.4, -0.2) is 90.2 Å². The monoisotopic (exact) mass is 540 g/mol. The number of ether oxygens (including phenoxy) is 2. The maximum absolute atomic E-state index is 13.3. The molecular formula is C30H44N4O5. The Hall–Kier alpha value is -2.81. The van der Waals surface area contributed by atoms with Crippen molar-refractivity contribution in [2.24, 2.45) is 11.3 Å². The Labute approximate surface area is 232 Å². The third kappa shape index (κ3) is 6.34. The van der Waals surface area contributed by atoms with Gasteiger partial charge in [0.1, 0.15) is 12.6 Å². The van der Waals surface area contributed by atoms with Gasteiger partial charge >= 0.3 is 12.2 Å². The molecular weight excluding hydrogens is 496 g/mol. The highest BCUT2D eigenvalue weighted by Crippen LogP contribution is 2.51. The van der Waals surface area contributed by atoms with Gasteiger partial charge < -0.3 is 29.5 Å². The highest BCUT2D eigenvalue weighted by atomic mass is 16.6. The van der Waals surface area contributed by atoms with Crippen molar-refractivity contribution in [2.45, 2.75) is 83.5 Å². The van der Waals surface area contributed by atoms with Crippen molar-refractivity contribution in [1.29, 1.82) is 0 Å². The van der Waals surface area contributed by atoms with Crippen molar-refractivity contribution in [2.75, 3.05) is 39.3 Å². The number of nitrogens with one attached hydrogen (secondary N) is 1. The Bertz CT molecular complexity index is 1010. The van der Waals surface area contributed by atoms with E-state index in [9.17, 15) is 14.4 Å². The summed E-state index contributed by atoms with van der Waals surface area (Å²) in [6.45, 7) is 8.79. The molecule has 4 aliphatic rings. The Morgan fingerprint density at radius 3 is 2.49 bits per heavy atom. The summed E-state index contributed by atoms with van der Waals surface area (Å²) in [6.07, 6.45) is 6.97. The van der Waals surface area contributed by atoms with Gasteiger partial charge in [-0.25, -0.2) is 9.59 Å². The number of hydrogen-bond donors (Lipinski definition) is 1. The Morgan fingerprint density at radius 2 is 1.77 bits per heavy atom. The minimum Gasteiger partial charge on any atom is -0.450 e. The molecule has 9 nitrogen and oxygen atoms in total. The maximum atomic E-state index is 13.3. The number of likely N-dealkylation sites (tertiary alicyclic amines) is 3. The lowest BCUT2D eigenvalue weighted by molar-refractivity contribution is -0.135. The predicted octanol–water partition coefficient (Wildman–Crippen LogP) is 4.02. The summed E-state index contributed by atoms with van der Waals surface area (Å²) in [5, 5.41) is 2.74. The second-order valence-electron chi connectivity index (χ2n) is 12.0. The van der Waals surface area contributed by atoms with Gasteiger partial charge in [0, 0.05) is 31.7 Å². The standard InChI is InChI=1S/C30H44N4O5/c1-3-38-29(37)33-17-13-30(21-33)18-25(19-30)32-15-11-24(12-16-32)26-10-7-14-34(26)27(35)22(2)31-28(36)39-20-23-8-5-4-6-9-23/h4-6,8-9,22,24-26H,3,7,10-21H2,1-2H3,(H,31,36)/t22?,25?,26-,30?/m0/s1. The lowest BCUT2D eigenvalue weighted by Gasteiger charge is -2.52. The molecule has 3 heterocycles. The molecule has 1 saturated carbocycles. The van der Waals surface area contributed by atoms with Crippen molar-refractivity contribution in [3.8, 4) is 0 Å². The van der Waals surface area contributed by atoms with E-state index >= 15 is 0 Å². The minimum absolute atomic E-state index is 0.00934. The summed E-state index contributed by atoms with van der Waals surface area (Å²) in [6, 6.07) is 9.78. The molecule has 2 atom stereocenters. The first-order valence-corrected chi connectivity index (χ1v) is 14.8. The van der Waals surface area contributed by atoms with E-state index in [1.165, 1.54) is 12.8 Å². The lowest BCUT2D eigenvalue weighted by Crippen LogP contribution is -2.56. The van der Waals surface area contributed by atoms with Gasteiger partial charge in [0.15, 0.2) is 0 Å². The summed E-state index contributed by atoms with van der Waals surface area (Å²) >= 11 is 0. The largest absolute Gasteiger partial charge is 0.450 e. The van der Waals surface area contributed by atoms with E-state index in [2.05, 4.69) is 10.2 Å². The van der Waals surface area contributed by atoms with Gasteiger partial charge in [-0.15, -0.1) is 0 Å². The van der Waals surface area contributed by atoms with Crippen LogP contribution in [0.5, 0.6) is 0 Å². The first kappa shape index (κ1) is 27.7. The van der Waals surface area contributed by atoms with E-state index in [0.29, 0.717) is 18.6 Å². The highest BCUT2D eigenvalue weighted by molar-refractivity contribution is 5.85. The van der Waals surface area contributed by atoms with E-state index in [-0.39, 0.29) is 30.1 Å². The molecule has 39 heavy (non-hydrogen) atoms. The smallest absolute Gasteiger partial charge is 0.409 e. The highest BCUT2D eigenvalue weighted by Gasteiger charge is 2.52. The van der Waals surface area contributed by atoms with E-state index in [1.807, 2.05) is 47.1 Å². The van der Waals surface area contributed by atoms with Crippen LogP contribution in [0.15, 0.2) is 30.3 Å². The SMILES string of the molecule is CCOC(=O)N1CCC2(CC(N3CCC([C@@H]4CCCN4C(=O)C(C)NC(=O)OCc4ccccc4)CC3)C2)C1. The van der Waals surface area contributed by atoms with Gasteiger partial charge in [-0.3, -0.25) is 4.79 Å². The molecule has 9 heteroatoms. The lowest BCUT2D eigenvalue weighted by atomic mass is 9.64. The Kier molecular flexibility index (Phi) is 8.64. The summed E-state index contributed by atoms with van der Waals surface area (Å²) in [5.74, 6) is 0.495. The zero-order valence-corrected chi connectivity index (χ0v) is 23.5. The van der Waals surface area contributed by atoms with Crippen LogP contribution < -0.4 is 5.32 Å². The molecule has 214 valence electrons. The minimum atomic E-state index is -0.610. The van der Waals surface area contributed by atoms with Crippen molar-refractivity contribution in [1.82, 2.24) is 20.0 Å². The van der Waals surface area contributed by atoms with E-state index < -0.39 is 12.1 Å². The van der Waals surface area contributed by atoms with Crippen LogP contribution in [0.4, 0.5) is 9.59 Å². The summed E-state index contributed by atoms with van der Waals surface area (Å²) in [4.78, 5) is 44.3. The molecule has 1 aromatic carbocycles. The molecule has 0 radical (unpaired) electrons. The van der Waals surface area contributed by atoms with Crippen molar-refractivity contribution in [3.63, 3.8) is 0 Å². The van der Waals surface area contributed by atoms with Crippen molar-refractivity contribution >= 4 is 18.1 Å². The Morgan fingerprint density at radius 1 is 1.03 bits per heavy atom. The first-order chi connectivity index (χ1) is 18.9. The number of nitrogens with zero attached hydrogens (tertiary/aromatic N) is 3. The molecule has 3 amide bonds. The van der Waals surface area contributed by atoms with Crippen LogP contribution in [0.25, 0.3) is 0 Å². The quantitative estimate of drug-likeness (QED) is 0.562. The first-order valence-electron chi connectivity index (χ1n) is 14.8. The van der Waals surface area contributed by atoms with Gasteiger partial charge in [0.25, 0.3) is 0 Å². The third-order valence-electron chi connectivity index (χ3n) is 9.44. The van der Waals surface area contributed by atoms with Crippen LogP contribution in [0.3, 0.4) is 0 Å². The molecule has 0 aromatic heterocycles.